The molecule has 1 N–H and O–H groups in total. The van der Waals surface area contributed by atoms with Crippen LogP contribution in [0, 0.1) is 15.9 Å². The molecule has 3 rings (SSSR count). The third-order valence-corrected chi connectivity index (χ3v) is 3.57. The van der Waals surface area contributed by atoms with Crippen molar-refractivity contribution in [2.24, 2.45) is 7.05 Å². The van der Waals surface area contributed by atoms with Gasteiger partial charge in [-0.3, -0.25) is 14.9 Å². The van der Waals surface area contributed by atoms with E-state index in [0.29, 0.717) is 16.6 Å². The average molecular weight is 313 g/mol. The standard InChI is InChI=1S/C16H12FN3O3/c1-19-13-5-3-2-4-12(13)14(15(16(19)21)20(22)23)18-11-8-6-10(17)7-9-11/h2-9,18H,1H3. The van der Waals surface area contributed by atoms with Gasteiger partial charge in [0.2, 0.25) is 0 Å². The number of halogens is 1. The Labute approximate surface area is 129 Å². The first kappa shape index (κ1) is 14.7. The number of pyridine rings is 1. The van der Waals surface area contributed by atoms with Crippen LogP contribution in [-0.4, -0.2) is 9.49 Å². The van der Waals surface area contributed by atoms with Gasteiger partial charge in [0, 0.05) is 18.1 Å². The first-order valence-electron chi connectivity index (χ1n) is 6.78. The van der Waals surface area contributed by atoms with Gasteiger partial charge >= 0.3 is 11.2 Å². The SMILES string of the molecule is Cn1c(=O)c([N+](=O)[O-])c(Nc2ccc(F)cc2)c2ccccc21. The Bertz CT molecular complexity index is 965. The third-order valence-electron chi connectivity index (χ3n) is 3.57. The molecule has 0 spiro atoms. The number of nitrogens with zero attached hydrogens (tertiary/aromatic N) is 2. The number of anilines is 2. The van der Waals surface area contributed by atoms with E-state index in [-0.39, 0.29) is 5.69 Å². The van der Waals surface area contributed by atoms with Crippen LogP contribution in [0.5, 0.6) is 0 Å². The molecule has 0 aliphatic rings. The molecule has 3 aromatic rings. The number of benzene rings is 2. The lowest BCUT2D eigenvalue weighted by Gasteiger charge is -2.12. The Morgan fingerprint density at radius 2 is 1.78 bits per heavy atom. The molecule has 0 fully saturated rings. The third kappa shape index (κ3) is 2.52. The minimum Gasteiger partial charge on any atom is -0.349 e. The van der Waals surface area contributed by atoms with Gasteiger partial charge in [-0.05, 0) is 30.3 Å². The van der Waals surface area contributed by atoms with Crippen LogP contribution in [0.25, 0.3) is 10.9 Å². The summed E-state index contributed by atoms with van der Waals surface area (Å²) in [6.07, 6.45) is 0. The topological polar surface area (TPSA) is 77.2 Å². The number of aryl methyl sites for hydroxylation is 1. The summed E-state index contributed by atoms with van der Waals surface area (Å²) >= 11 is 0. The summed E-state index contributed by atoms with van der Waals surface area (Å²) in [6, 6.07) is 12.2. The van der Waals surface area contributed by atoms with Crippen molar-refractivity contribution < 1.29 is 9.31 Å². The van der Waals surface area contributed by atoms with Crippen LogP contribution in [0.2, 0.25) is 0 Å². The van der Waals surface area contributed by atoms with Crippen LogP contribution >= 0.6 is 0 Å². The lowest BCUT2D eigenvalue weighted by molar-refractivity contribution is -0.385. The number of rotatable bonds is 3. The molecular formula is C16H12FN3O3. The first-order valence-corrected chi connectivity index (χ1v) is 6.78. The largest absolute Gasteiger partial charge is 0.357 e. The van der Waals surface area contributed by atoms with E-state index in [4.69, 9.17) is 0 Å². The molecule has 2 aromatic carbocycles. The second kappa shape index (κ2) is 5.53. The number of fused-ring (bicyclic) bond motifs is 1. The average Bonchev–Trinajstić information content (AvgIpc) is 2.54. The minimum absolute atomic E-state index is 0.0975. The van der Waals surface area contributed by atoms with Gasteiger partial charge in [-0.25, -0.2) is 4.39 Å². The van der Waals surface area contributed by atoms with Gasteiger partial charge in [-0.15, -0.1) is 0 Å². The fraction of sp³-hybridized carbons (Fsp3) is 0.0625. The maximum atomic E-state index is 13.0. The predicted octanol–water partition coefficient (Wildman–Crippen LogP) is 3.33. The van der Waals surface area contributed by atoms with Crippen LogP contribution in [0.4, 0.5) is 21.5 Å². The van der Waals surface area contributed by atoms with Crippen molar-refractivity contribution in [3.05, 3.63) is 74.8 Å². The molecule has 0 amide bonds. The molecule has 0 radical (unpaired) electrons. The predicted molar refractivity (Wildman–Crippen MR) is 85.5 cm³/mol. The summed E-state index contributed by atoms with van der Waals surface area (Å²) in [7, 11) is 1.49. The molecule has 0 saturated carbocycles. The highest BCUT2D eigenvalue weighted by molar-refractivity contribution is 5.97. The molecule has 6 nitrogen and oxygen atoms in total. The molecule has 7 heteroatoms. The quantitative estimate of drug-likeness (QED) is 0.594. The Kier molecular flexibility index (Phi) is 3.53. The smallest absolute Gasteiger partial charge is 0.349 e. The monoisotopic (exact) mass is 313 g/mol. The maximum absolute atomic E-state index is 13.0. The van der Waals surface area contributed by atoms with Crippen LogP contribution in [0.1, 0.15) is 0 Å². The van der Waals surface area contributed by atoms with E-state index in [1.807, 2.05) is 0 Å². The van der Waals surface area contributed by atoms with Gasteiger partial charge in [0.1, 0.15) is 11.5 Å². The molecule has 1 aromatic heterocycles. The number of aromatic nitrogens is 1. The summed E-state index contributed by atoms with van der Waals surface area (Å²) in [5.74, 6) is -0.418. The van der Waals surface area contributed by atoms with Crippen molar-refractivity contribution in [1.82, 2.24) is 4.57 Å². The molecule has 23 heavy (non-hydrogen) atoms. The summed E-state index contributed by atoms with van der Waals surface area (Å²) < 4.78 is 14.3. The van der Waals surface area contributed by atoms with Crippen LogP contribution in [-0.2, 0) is 7.05 Å². The molecule has 1 heterocycles. The van der Waals surface area contributed by atoms with Gasteiger partial charge in [-0.2, -0.15) is 0 Å². The molecule has 0 aliphatic carbocycles. The van der Waals surface area contributed by atoms with E-state index in [1.54, 1.807) is 24.3 Å². The zero-order valence-corrected chi connectivity index (χ0v) is 12.1. The Morgan fingerprint density at radius 1 is 1.13 bits per heavy atom. The molecule has 0 aliphatic heterocycles. The van der Waals surface area contributed by atoms with Gasteiger partial charge in [0.05, 0.1) is 10.4 Å². The summed E-state index contributed by atoms with van der Waals surface area (Å²) in [6.45, 7) is 0. The van der Waals surface area contributed by atoms with E-state index in [2.05, 4.69) is 5.32 Å². The van der Waals surface area contributed by atoms with Gasteiger partial charge < -0.3 is 9.88 Å². The van der Waals surface area contributed by atoms with Crippen molar-refractivity contribution in [3.8, 4) is 0 Å². The molecule has 116 valence electrons. The summed E-state index contributed by atoms with van der Waals surface area (Å²) in [5.41, 5.74) is -0.144. The zero-order valence-electron chi connectivity index (χ0n) is 12.1. The van der Waals surface area contributed by atoms with Crippen LogP contribution in [0.3, 0.4) is 0 Å². The minimum atomic E-state index is -0.710. The van der Waals surface area contributed by atoms with E-state index in [1.165, 1.54) is 35.9 Å². The first-order chi connectivity index (χ1) is 11.0. The molecule has 0 atom stereocenters. The number of hydrogen-bond acceptors (Lipinski definition) is 4. The van der Waals surface area contributed by atoms with E-state index in [0.717, 1.165) is 0 Å². The highest BCUT2D eigenvalue weighted by atomic mass is 19.1. The Hall–Kier alpha value is -3.22. The molecular weight excluding hydrogens is 301 g/mol. The van der Waals surface area contributed by atoms with Gasteiger partial charge in [0.25, 0.3) is 0 Å². The van der Waals surface area contributed by atoms with E-state index >= 15 is 0 Å². The van der Waals surface area contributed by atoms with Gasteiger partial charge in [-0.1, -0.05) is 18.2 Å². The van der Waals surface area contributed by atoms with Crippen molar-refractivity contribution >= 4 is 28.0 Å². The van der Waals surface area contributed by atoms with Crippen LogP contribution in [0.15, 0.2) is 53.3 Å². The highest BCUT2D eigenvalue weighted by Gasteiger charge is 2.24. The highest BCUT2D eigenvalue weighted by Crippen LogP contribution is 2.32. The number of nitrogens with one attached hydrogen (secondary N) is 1. The Balaban J connectivity index is 2.31. The lowest BCUT2D eigenvalue weighted by Crippen LogP contribution is -2.21. The fourth-order valence-corrected chi connectivity index (χ4v) is 2.45. The second-order valence-corrected chi connectivity index (χ2v) is 4.99. The van der Waals surface area contributed by atoms with Crippen molar-refractivity contribution in [3.63, 3.8) is 0 Å². The number of nitro groups is 1. The number of para-hydroxylation sites is 1. The molecule has 0 bridgehead atoms. The molecule has 0 unspecified atom stereocenters. The van der Waals surface area contributed by atoms with Crippen molar-refractivity contribution in [2.75, 3.05) is 5.32 Å². The zero-order chi connectivity index (χ0) is 16.6. The Morgan fingerprint density at radius 3 is 2.43 bits per heavy atom. The second-order valence-electron chi connectivity index (χ2n) is 4.99. The van der Waals surface area contributed by atoms with Gasteiger partial charge in [0.15, 0.2) is 0 Å². The maximum Gasteiger partial charge on any atom is 0.357 e. The number of hydrogen-bond donors (Lipinski definition) is 1. The van der Waals surface area contributed by atoms with Crippen molar-refractivity contribution in [2.45, 2.75) is 0 Å². The summed E-state index contributed by atoms with van der Waals surface area (Å²) in [4.78, 5) is 23.0. The van der Waals surface area contributed by atoms with E-state index in [9.17, 15) is 19.3 Å². The lowest BCUT2D eigenvalue weighted by atomic mass is 10.1. The van der Waals surface area contributed by atoms with E-state index < -0.39 is 22.0 Å². The van der Waals surface area contributed by atoms with Crippen LogP contribution < -0.4 is 10.9 Å². The summed E-state index contributed by atoms with van der Waals surface area (Å²) in [5, 5.41) is 14.8. The van der Waals surface area contributed by atoms with Crippen molar-refractivity contribution in [1.29, 1.82) is 0 Å². The molecule has 0 saturated heterocycles. The fourth-order valence-electron chi connectivity index (χ4n) is 2.45. The normalized spacial score (nSPS) is 10.7.